The minimum atomic E-state index is -0.156. The van der Waals surface area contributed by atoms with Gasteiger partial charge in [0.15, 0.2) is 0 Å². The summed E-state index contributed by atoms with van der Waals surface area (Å²) in [6.07, 6.45) is 7.32. The van der Waals surface area contributed by atoms with E-state index in [1.54, 1.807) is 6.07 Å². The fourth-order valence-corrected chi connectivity index (χ4v) is 4.41. The number of benzene rings is 1. The van der Waals surface area contributed by atoms with Crippen molar-refractivity contribution in [3.05, 3.63) is 34.1 Å². The van der Waals surface area contributed by atoms with E-state index in [2.05, 4.69) is 21.4 Å². The largest absolute Gasteiger partial charge is 0.271 e. The van der Waals surface area contributed by atoms with Crippen LogP contribution in [0.5, 0.6) is 0 Å². The molecule has 1 fully saturated rings. The lowest BCUT2D eigenvalue weighted by molar-refractivity contribution is 0.511. The number of hydrogen-bond donors (Lipinski definition) is 2. The molecule has 1 saturated carbocycles. The molecule has 0 bridgehead atoms. The minimum Gasteiger partial charge on any atom is -0.271 e. The van der Waals surface area contributed by atoms with E-state index >= 15 is 0 Å². The molecule has 1 aromatic carbocycles. The van der Waals surface area contributed by atoms with Crippen molar-refractivity contribution in [2.24, 2.45) is 5.84 Å². The zero-order valence-corrected chi connectivity index (χ0v) is 14.0. The van der Waals surface area contributed by atoms with E-state index in [-0.39, 0.29) is 11.9 Å². The third-order valence-corrected chi connectivity index (χ3v) is 5.83. The van der Waals surface area contributed by atoms with Gasteiger partial charge in [-0.1, -0.05) is 35.2 Å². The van der Waals surface area contributed by atoms with Gasteiger partial charge < -0.3 is 0 Å². The average molecular weight is 361 g/mol. The standard InChI is InChI=1S/C15H22BrFN2S/c16-12-6-7-15(17)11(8-12)9-13(19-18)10-20-14-4-2-1-3-5-14/h6-8,13-14,19H,1-5,9-10,18H2. The van der Waals surface area contributed by atoms with E-state index in [0.29, 0.717) is 12.0 Å². The van der Waals surface area contributed by atoms with Gasteiger partial charge >= 0.3 is 0 Å². The number of rotatable bonds is 6. The second kappa shape index (κ2) is 8.37. The van der Waals surface area contributed by atoms with E-state index in [4.69, 9.17) is 5.84 Å². The molecule has 0 amide bonds. The third kappa shape index (κ3) is 5.02. The summed E-state index contributed by atoms with van der Waals surface area (Å²) in [4.78, 5) is 0. The minimum absolute atomic E-state index is 0.116. The number of nitrogens with two attached hydrogens (primary N) is 1. The predicted molar refractivity (Wildman–Crippen MR) is 88.2 cm³/mol. The van der Waals surface area contributed by atoms with Crippen molar-refractivity contribution in [2.45, 2.75) is 49.8 Å². The molecule has 0 radical (unpaired) electrons. The normalized spacial score (nSPS) is 18.1. The van der Waals surface area contributed by atoms with Crippen LogP contribution in [0, 0.1) is 5.82 Å². The van der Waals surface area contributed by atoms with Gasteiger partial charge in [0.2, 0.25) is 0 Å². The number of halogens is 2. The van der Waals surface area contributed by atoms with Crippen LogP contribution in [-0.2, 0) is 6.42 Å². The third-order valence-electron chi connectivity index (χ3n) is 3.80. The van der Waals surface area contributed by atoms with Gasteiger partial charge in [-0.2, -0.15) is 11.8 Å². The van der Waals surface area contributed by atoms with E-state index in [0.717, 1.165) is 15.5 Å². The molecule has 1 aliphatic rings. The first kappa shape index (κ1) is 16.3. The van der Waals surface area contributed by atoms with Gasteiger partial charge in [0.25, 0.3) is 0 Å². The van der Waals surface area contributed by atoms with Crippen molar-refractivity contribution in [3.8, 4) is 0 Å². The van der Waals surface area contributed by atoms with Crippen LogP contribution in [0.4, 0.5) is 4.39 Å². The van der Waals surface area contributed by atoms with Gasteiger partial charge in [0, 0.05) is 21.5 Å². The molecule has 0 heterocycles. The lowest BCUT2D eigenvalue weighted by Crippen LogP contribution is -2.39. The fraction of sp³-hybridized carbons (Fsp3) is 0.600. The van der Waals surface area contributed by atoms with Gasteiger partial charge in [-0.05, 0) is 43.0 Å². The highest BCUT2D eigenvalue weighted by Gasteiger charge is 2.17. The Balaban J connectivity index is 1.86. The Labute approximate surface area is 133 Å². The lowest BCUT2D eigenvalue weighted by Gasteiger charge is -2.24. The number of nitrogens with one attached hydrogen (secondary N) is 1. The second-order valence-corrected chi connectivity index (χ2v) is 7.65. The molecule has 5 heteroatoms. The molecule has 2 nitrogen and oxygen atoms in total. The van der Waals surface area contributed by atoms with Crippen molar-refractivity contribution in [2.75, 3.05) is 5.75 Å². The molecule has 1 aromatic rings. The van der Waals surface area contributed by atoms with Crippen molar-refractivity contribution in [1.29, 1.82) is 0 Å². The Morgan fingerprint density at radius 2 is 2.10 bits per heavy atom. The zero-order chi connectivity index (χ0) is 14.4. The van der Waals surface area contributed by atoms with Gasteiger partial charge in [0.05, 0.1) is 0 Å². The quantitative estimate of drug-likeness (QED) is 0.594. The fourth-order valence-electron chi connectivity index (χ4n) is 2.62. The Bertz CT molecular complexity index is 424. The SMILES string of the molecule is NNC(CSC1CCCCC1)Cc1cc(Br)ccc1F. The summed E-state index contributed by atoms with van der Waals surface area (Å²) < 4.78 is 14.7. The Morgan fingerprint density at radius 1 is 1.35 bits per heavy atom. The first-order chi connectivity index (χ1) is 9.69. The highest BCUT2D eigenvalue weighted by Crippen LogP contribution is 2.29. The molecular formula is C15H22BrFN2S. The summed E-state index contributed by atoms with van der Waals surface area (Å²) in [5.74, 6) is 6.41. The molecule has 0 aliphatic heterocycles. The molecule has 0 aromatic heterocycles. The molecule has 112 valence electrons. The predicted octanol–water partition coefficient (Wildman–Crippen LogP) is 4.03. The van der Waals surface area contributed by atoms with Crippen LogP contribution in [0.3, 0.4) is 0 Å². The number of hydrazine groups is 1. The molecule has 3 N–H and O–H groups in total. The summed E-state index contributed by atoms with van der Waals surface area (Å²) in [7, 11) is 0. The maximum Gasteiger partial charge on any atom is 0.126 e. The van der Waals surface area contributed by atoms with E-state index < -0.39 is 0 Å². The van der Waals surface area contributed by atoms with Crippen LogP contribution in [-0.4, -0.2) is 17.0 Å². The van der Waals surface area contributed by atoms with Crippen LogP contribution >= 0.6 is 27.7 Å². The first-order valence-corrected chi connectivity index (χ1v) is 9.05. The molecule has 1 aliphatic carbocycles. The molecule has 0 spiro atoms. The van der Waals surface area contributed by atoms with Crippen LogP contribution < -0.4 is 11.3 Å². The van der Waals surface area contributed by atoms with Crippen LogP contribution in [0.25, 0.3) is 0 Å². The lowest BCUT2D eigenvalue weighted by atomic mass is 10.0. The topological polar surface area (TPSA) is 38.0 Å². The zero-order valence-electron chi connectivity index (χ0n) is 11.6. The van der Waals surface area contributed by atoms with Gasteiger partial charge in [-0.3, -0.25) is 11.3 Å². The number of thioether (sulfide) groups is 1. The van der Waals surface area contributed by atoms with Crippen molar-refractivity contribution >= 4 is 27.7 Å². The highest BCUT2D eigenvalue weighted by atomic mass is 79.9. The Kier molecular flexibility index (Phi) is 6.81. The molecule has 1 unspecified atom stereocenters. The maximum atomic E-state index is 13.8. The van der Waals surface area contributed by atoms with Crippen LogP contribution in [0.2, 0.25) is 0 Å². The first-order valence-electron chi connectivity index (χ1n) is 7.20. The van der Waals surface area contributed by atoms with Gasteiger partial charge in [-0.15, -0.1) is 0 Å². The average Bonchev–Trinajstić information content (AvgIpc) is 2.48. The highest BCUT2D eigenvalue weighted by molar-refractivity contribution is 9.10. The summed E-state index contributed by atoms with van der Waals surface area (Å²) in [5.41, 5.74) is 3.55. The van der Waals surface area contributed by atoms with E-state index in [9.17, 15) is 4.39 Å². The molecular weight excluding hydrogens is 339 g/mol. The molecule has 2 rings (SSSR count). The summed E-state index contributed by atoms with van der Waals surface area (Å²) >= 11 is 5.37. The second-order valence-electron chi connectivity index (χ2n) is 5.40. The Hall–Kier alpha value is -0.100. The van der Waals surface area contributed by atoms with Crippen LogP contribution in [0.1, 0.15) is 37.7 Å². The summed E-state index contributed by atoms with van der Waals surface area (Å²) in [6.45, 7) is 0. The smallest absolute Gasteiger partial charge is 0.126 e. The van der Waals surface area contributed by atoms with Crippen LogP contribution in [0.15, 0.2) is 22.7 Å². The van der Waals surface area contributed by atoms with Crippen molar-refractivity contribution in [3.63, 3.8) is 0 Å². The van der Waals surface area contributed by atoms with Gasteiger partial charge in [0.1, 0.15) is 5.82 Å². The van der Waals surface area contributed by atoms with Gasteiger partial charge in [-0.25, -0.2) is 4.39 Å². The van der Waals surface area contributed by atoms with Crippen molar-refractivity contribution in [1.82, 2.24) is 5.43 Å². The number of hydrogen-bond acceptors (Lipinski definition) is 3. The monoisotopic (exact) mass is 360 g/mol. The summed E-state index contributed by atoms with van der Waals surface area (Å²) in [6, 6.07) is 5.18. The molecule has 20 heavy (non-hydrogen) atoms. The molecule has 1 atom stereocenters. The molecule has 0 saturated heterocycles. The maximum absolute atomic E-state index is 13.8. The van der Waals surface area contributed by atoms with E-state index in [1.165, 1.54) is 38.2 Å². The van der Waals surface area contributed by atoms with Crippen molar-refractivity contribution < 1.29 is 4.39 Å². The van der Waals surface area contributed by atoms with E-state index in [1.807, 2.05) is 17.8 Å². The Morgan fingerprint density at radius 3 is 2.80 bits per heavy atom. The summed E-state index contributed by atoms with van der Waals surface area (Å²) in [5, 5.41) is 0.756.